The van der Waals surface area contributed by atoms with Gasteiger partial charge in [0.1, 0.15) is 5.82 Å². The van der Waals surface area contributed by atoms with Gasteiger partial charge >= 0.3 is 0 Å². The van der Waals surface area contributed by atoms with E-state index in [1.165, 1.54) is 24.3 Å². The molecule has 4 aromatic carbocycles. The average molecular weight is 484 g/mol. The predicted octanol–water partition coefficient (Wildman–Crippen LogP) is 8.59. The molecule has 0 aromatic heterocycles. The van der Waals surface area contributed by atoms with Gasteiger partial charge in [-0.15, -0.1) is 0 Å². The third-order valence-electron chi connectivity index (χ3n) is 5.98. The van der Waals surface area contributed by atoms with Crippen LogP contribution in [0.5, 0.6) is 0 Å². The molecule has 4 aromatic rings. The topological polar surface area (TPSA) is 0 Å². The van der Waals surface area contributed by atoms with E-state index in [-0.39, 0.29) is 35.1 Å². The first-order chi connectivity index (χ1) is 16.8. The van der Waals surface area contributed by atoms with E-state index < -0.39 is 34.9 Å². The summed E-state index contributed by atoms with van der Waals surface area (Å²) in [5.74, 6) is -7.11. The molecule has 0 spiro atoms. The highest BCUT2D eigenvalue weighted by Gasteiger charge is 2.17. The molecule has 0 atom stereocenters. The van der Waals surface area contributed by atoms with Crippen molar-refractivity contribution < 1.29 is 26.3 Å². The highest BCUT2D eigenvalue weighted by molar-refractivity contribution is 5.66. The zero-order valence-electron chi connectivity index (χ0n) is 18.9. The van der Waals surface area contributed by atoms with Gasteiger partial charge in [0.05, 0.1) is 0 Å². The molecule has 180 valence electrons. The maximum Gasteiger partial charge on any atom is 0.194 e. The summed E-state index contributed by atoms with van der Waals surface area (Å²) in [6.07, 6.45) is 2.24. The van der Waals surface area contributed by atoms with E-state index in [0.717, 1.165) is 24.5 Å². The Morgan fingerprint density at radius 1 is 0.486 bits per heavy atom. The number of halogens is 6. The van der Waals surface area contributed by atoms with Crippen LogP contribution in [0.25, 0.3) is 22.3 Å². The zero-order valence-corrected chi connectivity index (χ0v) is 18.9. The lowest BCUT2D eigenvalue weighted by atomic mass is 9.97. The van der Waals surface area contributed by atoms with Crippen LogP contribution in [-0.2, 0) is 19.3 Å². The Morgan fingerprint density at radius 3 is 1.74 bits per heavy atom. The van der Waals surface area contributed by atoms with Crippen LogP contribution in [0.1, 0.15) is 30.0 Å². The fourth-order valence-corrected chi connectivity index (χ4v) is 4.08. The molecule has 0 fully saturated rings. The molecule has 0 heterocycles. The lowest BCUT2D eigenvalue weighted by molar-refractivity contribution is 0.447. The number of hydrogen-bond acceptors (Lipinski definition) is 0. The molecule has 4 rings (SSSR count). The normalized spacial score (nSPS) is 11.2. The molecule has 0 radical (unpaired) electrons. The van der Waals surface area contributed by atoms with E-state index >= 15 is 0 Å². The number of rotatable bonds is 7. The second kappa shape index (κ2) is 10.4. The van der Waals surface area contributed by atoms with Crippen molar-refractivity contribution in [3.63, 3.8) is 0 Å². The molecule has 0 nitrogen and oxygen atoms in total. The predicted molar refractivity (Wildman–Crippen MR) is 125 cm³/mol. The van der Waals surface area contributed by atoms with Gasteiger partial charge in [0.25, 0.3) is 0 Å². The summed E-state index contributed by atoms with van der Waals surface area (Å²) in [6, 6.07) is 15.8. The summed E-state index contributed by atoms with van der Waals surface area (Å²) in [5.41, 5.74) is 2.28. The maximum atomic E-state index is 14.8. The van der Waals surface area contributed by atoms with Crippen molar-refractivity contribution in [2.45, 2.75) is 32.6 Å². The minimum atomic E-state index is -1.63. The fourth-order valence-electron chi connectivity index (χ4n) is 4.08. The molecule has 6 heteroatoms. The van der Waals surface area contributed by atoms with Crippen molar-refractivity contribution in [3.8, 4) is 22.3 Å². The van der Waals surface area contributed by atoms with Crippen LogP contribution in [-0.4, -0.2) is 0 Å². The Bertz CT molecular complexity index is 1340. The Labute approximate surface area is 199 Å². The summed E-state index contributed by atoms with van der Waals surface area (Å²) >= 11 is 0. The highest BCUT2D eigenvalue weighted by Crippen LogP contribution is 2.29. The molecule has 0 aliphatic heterocycles. The van der Waals surface area contributed by atoms with E-state index in [1.807, 2.05) is 12.1 Å². The van der Waals surface area contributed by atoms with Crippen molar-refractivity contribution in [2.75, 3.05) is 0 Å². The van der Waals surface area contributed by atoms with Crippen molar-refractivity contribution >= 4 is 0 Å². The van der Waals surface area contributed by atoms with Gasteiger partial charge in [-0.05, 0) is 65.3 Å². The Hall–Kier alpha value is -3.54. The minimum Gasteiger partial charge on any atom is -0.206 e. The SMILES string of the molecule is CCCc1ccc(-c2ccc(CCc3ccc(-c4cc(F)c(F)c(F)c4)c(F)c3)c(F)c2F)cc1. The van der Waals surface area contributed by atoms with Crippen LogP contribution in [0.3, 0.4) is 0 Å². The van der Waals surface area contributed by atoms with E-state index in [0.29, 0.717) is 23.3 Å². The first-order valence-corrected chi connectivity index (χ1v) is 11.3. The van der Waals surface area contributed by atoms with Crippen molar-refractivity contribution in [2.24, 2.45) is 0 Å². The van der Waals surface area contributed by atoms with Gasteiger partial charge in [-0.1, -0.05) is 61.9 Å². The number of benzene rings is 4. The molecular formula is C29H22F6. The third kappa shape index (κ3) is 5.26. The molecule has 0 N–H and O–H groups in total. The van der Waals surface area contributed by atoms with Gasteiger partial charge in [-0.3, -0.25) is 0 Å². The molecule has 0 aliphatic rings. The number of hydrogen-bond donors (Lipinski definition) is 0. The average Bonchev–Trinajstić information content (AvgIpc) is 2.84. The van der Waals surface area contributed by atoms with Gasteiger partial charge < -0.3 is 0 Å². The summed E-state index contributed by atoms with van der Waals surface area (Å²) < 4.78 is 84.4. The highest BCUT2D eigenvalue weighted by atomic mass is 19.2. The van der Waals surface area contributed by atoms with Gasteiger partial charge in [-0.25, -0.2) is 26.3 Å². The second-order valence-corrected chi connectivity index (χ2v) is 8.42. The largest absolute Gasteiger partial charge is 0.206 e. The molecular weight excluding hydrogens is 462 g/mol. The van der Waals surface area contributed by atoms with Gasteiger partial charge in [0.15, 0.2) is 29.1 Å². The molecule has 35 heavy (non-hydrogen) atoms. The van der Waals surface area contributed by atoms with E-state index in [9.17, 15) is 26.3 Å². The summed E-state index contributed by atoms with van der Waals surface area (Å²) in [4.78, 5) is 0. The maximum absolute atomic E-state index is 14.8. The van der Waals surface area contributed by atoms with Crippen molar-refractivity contribution in [3.05, 3.63) is 118 Å². The van der Waals surface area contributed by atoms with Gasteiger partial charge in [-0.2, -0.15) is 0 Å². The number of aryl methyl sites for hydroxylation is 3. The Kier molecular flexibility index (Phi) is 7.29. The molecule has 0 saturated carbocycles. The van der Waals surface area contributed by atoms with E-state index in [4.69, 9.17) is 0 Å². The van der Waals surface area contributed by atoms with Crippen LogP contribution in [0.4, 0.5) is 26.3 Å². The molecule has 0 saturated heterocycles. The van der Waals surface area contributed by atoms with Crippen LogP contribution < -0.4 is 0 Å². The standard InChI is InChI=1S/C29H22F6/c1-2-3-17-4-8-19(9-5-17)23-13-11-20(27(33)28(23)34)10-6-18-7-12-22(24(30)14-18)21-15-25(31)29(35)26(32)16-21/h4-5,7-9,11-16H,2-3,6,10H2,1H3. The Balaban J connectivity index is 1.50. The molecule has 0 aliphatic carbocycles. The lowest BCUT2D eigenvalue weighted by Gasteiger charge is -2.11. The van der Waals surface area contributed by atoms with Crippen LogP contribution in [0.15, 0.2) is 66.7 Å². The van der Waals surface area contributed by atoms with Crippen molar-refractivity contribution in [1.29, 1.82) is 0 Å². The first-order valence-electron chi connectivity index (χ1n) is 11.3. The van der Waals surface area contributed by atoms with Gasteiger partial charge in [0.2, 0.25) is 0 Å². The summed E-state index contributed by atoms with van der Waals surface area (Å²) in [6.45, 7) is 2.07. The second-order valence-electron chi connectivity index (χ2n) is 8.42. The summed E-state index contributed by atoms with van der Waals surface area (Å²) in [5, 5.41) is 0. The molecule has 0 unspecified atom stereocenters. The molecule has 0 bridgehead atoms. The third-order valence-corrected chi connectivity index (χ3v) is 5.98. The molecule has 0 amide bonds. The van der Waals surface area contributed by atoms with Crippen molar-refractivity contribution in [1.82, 2.24) is 0 Å². The lowest BCUT2D eigenvalue weighted by Crippen LogP contribution is -2.00. The van der Waals surface area contributed by atoms with Crippen LogP contribution in [0.2, 0.25) is 0 Å². The van der Waals surface area contributed by atoms with Gasteiger partial charge in [0, 0.05) is 11.1 Å². The van der Waals surface area contributed by atoms with E-state index in [1.54, 1.807) is 12.1 Å². The zero-order chi connectivity index (χ0) is 25.1. The van der Waals surface area contributed by atoms with E-state index in [2.05, 4.69) is 6.92 Å². The smallest absolute Gasteiger partial charge is 0.194 e. The Morgan fingerprint density at radius 2 is 1.11 bits per heavy atom. The quantitative estimate of drug-likeness (QED) is 0.182. The summed E-state index contributed by atoms with van der Waals surface area (Å²) in [7, 11) is 0. The first kappa shape index (κ1) is 24.6. The monoisotopic (exact) mass is 484 g/mol. The van der Waals surface area contributed by atoms with Crippen LogP contribution >= 0.6 is 0 Å². The van der Waals surface area contributed by atoms with Crippen LogP contribution in [0, 0.1) is 34.9 Å². The minimum absolute atomic E-state index is 0.0990. The fraction of sp³-hybridized carbons (Fsp3) is 0.172.